The van der Waals surface area contributed by atoms with Crippen molar-refractivity contribution in [1.82, 2.24) is 0 Å². The molecule has 1 atom stereocenters. The van der Waals surface area contributed by atoms with Gasteiger partial charge in [-0.05, 0) is 6.07 Å². The monoisotopic (exact) mass is 187 g/mol. The number of nitrogens with two attached hydrogens (primary N) is 1. The summed E-state index contributed by atoms with van der Waals surface area (Å²) < 4.78 is 0. The average molecular weight is 188 g/mol. The topological polar surface area (TPSA) is 66.5 Å². The van der Waals surface area contributed by atoms with Gasteiger partial charge in [-0.25, -0.2) is 0 Å². The molecule has 0 spiro atoms. The van der Waals surface area contributed by atoms with Gasteiger partial charge in [0.05, 0.1) is 17.7 Å². The zero-order valence-corrected chi connectivity index (χ0v) is 7.12. The minimum atomic E-state index is -0.580. The second kappa shape index (κ2) is 3.76. The van der Waals surface area contributed by atoms with E-state index in [4.69, 9.17) is 22.4 Å². The smallest absolute Gasteiger partial charge is 0.139 e. The minimum absolute atomic E-state index is 0.0549. The van der Waals surface area contributed by atoms with Gasteiger partial charge in [-0.2, -0.15) is 0 Å². The summed E-state index contributed by atoms with van der Waals surface area (Å²) in [4.78, 5) is 0. The van der Waals surface area contributed by atoms with Gasteiger partial charge in [0, 0.05) is 5.56 Å². The Hall–Kier alpha value is -0.770. The van der Waals surface area contributed by atoms with Crippen molar-refractivity contribution in [1.29, 1.82) is 0 Å². The van der Waals surface area contributed by atoms with Crippen LogP contribution in [-0.2, 0) is 0 Å². The van der Waals surface area contributed by atoms with Gasteiger partial charge in [-0.15, -0.1) is 0 Å². The lowest BCUT2D eigenvalue weighted by Gasteiger charge is -2.10. The molecule has 4 heteroatoms. The Morgan fingerprint density at radius 2 is 2.17 bits per heavy atom. The van der Waals surface area contributed by atoms with Crippen molar-refractivity contribution in [2.24, 2.45) is 5.73 Å². The van der Waals surface area contributed by atoms with Gasteiger partial charge in [0.2, 0.25) is 0 Å². The maximum absolute atomic E-state index is 9.38. The molecule has 0 saturated heterocycles. The number of phenolic OH excluding ortho intramolecular Hbond substituents is 1. The van der Waals surface area contributed by atoms with E-state index in [2.05, 4.69) is 0 Å². The zero-order valence-electron chi connectivity index (χ0n) is 6.37. The van der Waals surface area contributed by atoms with E-state index in [9.17, 15) is 5.11 Å². The van der Waals surface area contributed by atoms with Crippen LogP contribution in [0.4, 0.5) is 0 Å². The molecule has 0 saturated carbocycles. The van der Waals surface area contributed by atoms with Gasteiger partial charge < -0.3 is 15.9 Å². The molecule has 0 radical (unpaired) electrons. The first kappa shape index (κ1) is 9.32. The predicted octanol–water partition coefficient (Wildman–Crippen LogP) is 1.04. The predicted molar refractivity (Wildman–Crippen MR) is 47.1 cm³/mol. The second-order valence-electron chi connectivity index (χ2n) is 2.47. The van der Waals surface area contributed by atoms with Gasteiger partial charge in [-0.1, -0.05) is 23.7 Å². The van der Waals surface area contributed by atoms with E-state index in [1.165, 1.54) is 0 Å². The quantitative estimate of drug-likeness (QED) is 0.648. The summed E-state index contributed by atoms with van der Waals surface area (Å²) in [5, 5.41) is 18.3. The van der Waals surface area contributed by atoms with E-state index >= 15 is 0 Å². The molecule has 1 aromatic carbocycles. The number of aromatic hydroxyl groups is 1. The Morgan fingerprint density at radius 1 is 1.50 bits per heavy atom. The molecule has 1 rings (SSSR count). The fourth-order valence-corrected chi connectivity index (χ4v) is 1.11. The zero-order chi connectivity index (χ0) is 9.14. The summed E-state index contributed by atoms with van der Waals surface area (Å²) in [7, 11) is 0. The van der Waals surface area contributed by atoms with Crippen LogP contribution in [0.1, 0.15) is 11.6 Å². The Balaban J connectivity index is 3.07. The lowest BCUT2D eigenvalue weighted by Crippen LogP contribution is -2.14. The van der Waals surface area contributed by atoms with Gasteiger partial charge in [0.15, 0.2) is 0 Å². The molecular weight excluding hydrogens is 178 g/mol. The first-order valence-corrected chi connectivity index (χ1v) is 3.88. The number of hydrogen-bond donors (Lipinski definition) is 3. The van der Waals surface area contributed by atoms with Crippen LogP contribution in [0.25, 0.3) is 0 Å². The van der Waals surface area contributed by atoms with E-state index in [1.54, 1.807) is 18.2 Å². The van der Waals surface area contributed by atoms with E-state index in [-0.39, 0.29) is 17.4 Å². The summed E-state index contributed by atoms with van der Waals surface area (Å²) in [6.07, 6.45) is 0. The Kier molecular flexibility index (Phi) is 2.92. The molecule has 0 aliphatic rings. The second-order valence-corrected chi connectivity index (χ2v) is 2.87. The highest BCUT2D eigenvalue weighted by molar-refractivity contribution is 6.32. The Bertz CT molecular complexity index is 278. The van der Waals surface area contributed by atoms with Crippen molar-refractivity contribution >= 4 is 11.6 Å². The van der Waals surface area contributed by atoms with Crippen LogP contribution in [0.3, 0.4) is 0 Å². The maximum Gasteiger partial charge on any atom is 0.139 e. The first-order valence-electron chi connectivity index (χ1n) is 3.50. The fourth-order valence-electron chi connectivity index (χ4n) is 0.930. The summed E-state index contributed by atoms with van der Waals surface area (Å²) in [5.74, 6) is -0.0549. The molecule has 0 aliphatic heterocycles. The number of aliphatic hydroxyl groups is 1. The van der Waals surface area contributed by atoms with Crippen molar-refractivity contribution in [3.63, 3.8) is 0 Å². The average Bonchev–Trinajstić information content (AvgIpc) is 2.08. The molecule has 0 amide bonds. The van der Waals surface area contributed by atoms with E-state index in [0.29, 0.717) is 5.56 Å². The summed E-state index contributed by atoms with van der Waals surface area (Å²) >= 11 is 5.63. The third-order valence-electron chi connectivity index (χ3n) is 1.61. The number of aliphatic hydroxyl groups excluding tert-OH is 1. The number of halogens is 1. The van der Waals surface area contributed by atoms with E-state index in [1.807, 2.05) is 0 Å². The lowest BCUT2D eigenvalue weighted by molar-refractivity contribution is 0.265. The van der Waals surface area contributed by atoms with Crippen LogP contribution >= 0.6 is 11.6 Å². The Morgan fingerprint density at radius 3 is 2.75 bits per heavy atom. The Labute approximate surface area is 75.4 Å². The minimum Gasteiger partial charge on any atom is -0.506 e. The highest BCUT2D eigenvalue weighted by Crippen LogP contribution is 2.29. The number of hydrogen-bond acceptors (Lipinski definition) is 3. The summed E-state index contributed by atoms with van der Waals surface area (Å²) in [6.45, 7) is -0.214. The molecule has 66 valence electrons. The van der Waals surface area contributed by atoms with Gasteiger partial charge in [0.1, 0.15) is 5.75 Å². The van der Waals surface area contributed by atoms with Gasteiger partial charge >= 0.3 is 0 Å². The third kappa shape index (κ3) is 1.69. The molecule has 0 heterocycles. The summed E-state index contributed by atoms with van der Waals surface area (Å²) in [6, 6.07) is 4.28. The molecule has 12 heavy (non-hydrogen) atoms. The van der Waals surface area contributed by atoms with Crippen molar-refractivity contribution in [3.05, 3.63) is 28.8 Å². The van der Waals surface area contributed by atoms with Gasteiger partial charge in [0.25, 0.3) is 0 Å². The van der Waals surface area contributed by atoms with E-state index < -0.39 is 6.04 Å². The number of benzene rings is 1. The normalized spacial score (nSPS) is 12.9. The van der Waals surface area contributed by atoms with Gasteiger partial charge in [-0.3, -0.25) is 0 Å². The lowest BCUT2D eigenvalue weighted by atomic mass is 10.1. The number of para-hydroxylation sites is 1. The maximum atomic E-state index is 9.38. The molecule has 0 fully saturated rings. The molecule has 3 nitrogen and oxygen atoms in total. The summed E-state index contributed by atoms with van der Waals surface area (Å²) in [5.41, 5.74) is 5.96. The van der Waals surface area contributed by atoms with Crippen molar-refractivity contribution < 1.29 is 10.2 Å². The molecule has 0 bridgehead atoms. The van der Waals surface area contributed by atoms with Crippen molar-refractivity contribution in [3.8, 4) is 5.75 Å². The highest BCUT2D eigenvalue weighted by Gasteiger charge is 2.11. The SMILES string of the molecule is N[C@@H](CO)c1cccc(Cl)c1O. The third-order valence-corrected chi connectivity index (χ3v) is 1.92. The van der Waals surface area contributed by atoms with Crippen LogP contribution in [-0.4, -0.2) is 16.8 Å². The fraction of sp³-hybridized carbons (Fsp3) is 0.250. The van der Waals surface area contributed by atoms with Crippen LogP contribution in [0.5, 0.6) is 5.75 Å². The van der Waals surface area contributed by atoms with Crippen molar-refractivity contribution in [2.75, 3.05) is 6.61 Å². The number of phenols is 1. The molecule has 0 unspecified atom stereocenters. The molecule has 0 aliphatic carbocycles. The molecule has 1 aromatic rings. The van der Waals surface area contributed by atoms with Crippen LogP contribution in [0.2, 0.25) is 5.02 Å². The van der Waals surface area contributed by atoms with Crippen LogP contribution in [0, 0.1) is 0 Å². The first-order chi connectivity index (χ1) is 5.66. The molecule has 4 N–H and O–H groups in total. The van der Waals surface area contributed by atoms with Crippen molar-refractivity contribution in [2.45, 2.75) is 6.04 Å². The number of rotatable bonds is 2. The standard InChI is InChI=1S/C8H10ClNO2/c9-6-3-1-2-5(8(6)12)7(10)4-11/h1-3,7,11-12H,4,10H2/t7-/m0/s1. The molecular formula is C8H10ClNO2. The largest absolute Gasteiger partial charge is 0.506 e. The van der Waals surface area contributed by atoms with E-state index in [0.717, 1.165) is 0 Å². The highest BCUT2D eigenvalue weighted by atomic mass is 35.5. The van der Waals surface area contributed by atoms with Crippen LogP contribution < -0.4 is 5.73 Å². The molecule has 0 aromatic heterocycles. The van der Waals surface area contributed by atoms with Crippen LogP contribution in [0.15, 0.2) is 18.2 Å².